The second-order valence-electron chi connectivity index (χ2n) is 7.94. The fourth-order valence-corrected chi connectivity index (χ4v) is 8.48. The highest BCUT2D eigenvalue weighted by Gasteiger charge is 2.35. The van der Waals surface area contributed by atoms with E-state index in [1.807, 2.05) is 0 Å². The van der Waals surface area contributed by atoms with Crippen LogP contribution in [0.2, 0.25) is 0 Å². The smallest absolute Gasteiger partial charge is 0.334 e. The van der Waals surface area contributed by atoms with E-state index in [9.17, 15) is 40.3 Å². The van der Waals surface area contributed by atoms with Crippen LogP contribution in [0.5, 0.6) is 0 Å². The number of carbonyl (C=O) groups is 3. The van der Waals surface area contributed by atoms with Crippen LogP contribution in [0.1, 0.15) is 25.7 Å². The molecule has 0 amide bonds. The number of pyridine rings is 2. The molecule has 0 radical (unpaired) electrons. The summed E-state index contributed by atoms with van der Waals surface area (Å²) in [7, 11) is -5.17. The Labute approximate surface area is 262 Å². The quantitative estimate of drug-likeness (QED) is 0.0245. The van der Waals surface area contributed by atoms with Crippen molar-refractivity contribution in [1.82, 2.24) is 9.97 Å². The predicted molar refractivity (Wildman–Crippen MR) is 161 cm³/mol. The van der Waals surface area contributed by atoms with Gasteiger partial charge in [0.05, 0.1) is 6.42 Å². The molecule has 0 aromatic carbocycles. The van der Waals surface area contributed by atoms with E-state index in [1.165, 1.54) is 21.6 Å². The largest absolute Gasteiger partial charge is 0.408 e. The van der Waals surface area contributed by atoms with Gasteiger partial charge in [0.15, 0.2) is 10.5 Å². The van der Waals surface area contributed by atoms with Gasteiger partial charge in [0.2, 0.25) is 5.90 Å². The van der Waals surface area contributed by atoms with Crippen LogP contribution in [0.4, 0.5) is 0 Å². The zero-order chi connectivity index (χ0) is 31.9. The van der Waals surface area contributed by atoms with E-state index in [0.717, 1.165) is 21.6 Å². The predicted octanol–water partition coefficient (Wildman–Crippen LogP) is 3.13. The summed E-state index contributed by atoms with van der Waals surface area (Å²) in [4.78, 5) is 45.0. The molecule has 0 fully saturated rings. The van der Waals surface area contributed by atoms with Crippen molar-refractivity contribution >= 4 is 87.2 Å². The van der Waals surface area contributed by atoms with Gasteiger partial charge in [-0.3, -0.25) is 23.5 Å². The SMILES string of the molecule is O=C(CC/C(=N/O)OC(=O)C(CCSSc1ccccn1)S(=O)(=O)O)OC(=O)C(CCSSc1ccccn1)S(=O)(=O)O. The van der Waals surface area contributed by atoms with Gasteiger partial charge in [0.25, 0.3) is 20.2 Å². The summed E-state index contributed by atoms with van der Waals surface area (Å²) in [6.45, 7) is 0. The Morgan fingerprint density at radius 2 is 1.23 bits per heavy atom. The van der Waals surface area contributed by atoms with Crippen LogP contribution in [0.3, 0.4) is 0 Å². The number of nitrogens with zero attached hydrogens (tertiary/aromatic N) is 3. The van der Waals surface area contributed by atoms with E-state index in [0.29, 0.717) is 10.1 Å². The summed E-state index contributed by atoms with van der Waals surface area (Å²) in [6.07, 6.45) is 0.885. The van der Waals surface area contributed by atoms with Crippen molar-refractivity contribution in [2.75, 3.05) is 11.5 Å². The van der Waals surface area contributed by atoms with Gasteiger partial charge in [-0.1, -0.05) is 38.9 Å². The molecular weight excluding hydrogens is 691 g/mol. The van der Waals surface area contributed by atoms with Gasteiger partial charge < -0.3 is 14.7 Å². The summed E-state index contributed by atoms with van der Waals surface area (Å²) in [5, 5.41) is 8.94. The van der Waals surface area contributed by atoms with Crippen molar-refractivity contribution in [2.45, 2.75) is 46.2 Å². The van der Waals surface area contributed by atoms with Crippen molar-refractivity contribution in [2.24, 2.45) is 5.16 Å². The van der Waals surface area contributed by atoms with E-state index < -0.39 is 73.8 Å². The summed E-state index contributed by atoms with van der Waals surface area (Å²) in [5.41, 5.74) is 0. The molecule has 21 heteroatoms. The average molecular weight is 716 g/mol. The first kappa shape index (κ1) is 36.8. The van der Waals surface area contributed by atoms with Gasteiger partial charge >= 0.3 is 17.9 Å². The number of hydrogen-bond acceptors (Lipinski definition) is 17. The number of carbonyl (C=O) groups excluding carboxylic acids is 3. The number of esters is 3. The Kier molecular flexibility index (Phi) is 15.8. The van der Waals surface area contributed by atoms with E-state index in [-0.39, 0.29) is 17.9 Å². The molecule has 2 unspecified atom stereocenters. The normalized spacial score (nSPS) is 13.6. The Hall–Kier alpha value is -2.40. The molecular formula is C22H25N3O12S6. The number of rotatable bonds is 17. The van der Waals surface area contributed by atoms with Gasteiger partial charge in [-0.15, -0.1) is 0 Å². The maximum atomic E-state index is 12.4. The van der Waals surface area contributed by atoms with Crippen LogP contribution in [-0.2, 0) is 44.1 Å². The monoisotopic (exact) mass is 715 g/mol. The summed E-state index contributed by atoms with van der Waals surface area (Å²) >= 11 is 0. The van der Waals surface area contributed by atoms with Gasteiger partial charge in [0.1, 0.15) is 10.1 Å². The lowest BCUT2D eigenvalue weighted by Gasteiger charge is -2.14. The maximum absolute atomic E-state index is 12.4. The number of oxime groups is 1. The summed E-state index contributed by atoms with van der Waals surface area (Å²) in [6, 6.07) is 10.3. The third-order valence-corrected chi connectivity index (χ3v) is 11.7. The minimum Gasteiger partial charge on any atom is -0.408 e. The van der Waals surface area contributed by atoms with Crippen LogP contribution in [-0.4, -0.2) is 86.9 Å². The third kappa shape index (κ3) is 14.3. The van der Waals surface area contributed by atoms with E-state index in [4.69, 9.17) is 9.94 Å². The van der Waals surface area contributed by atoms with Gasteiger partial charge in [-0.2, -0.15) is 16.8 Å². The highest BCUT2D eigenvalue weighted by atomic mass is 33.1. The topological polar surface area (TPSA) is 237 Å². The summed E-state index contributed by atoms with van der Waals surface area (Å²) in [5.74, 6) is -5.08. The molecule has 0 aliphatic heterocycles. The molecule has 3 N–H and O–H groups in total. The molecule has 0 saturated heterocycles. The molecule has 2 rings (SSSR count). The molecule has 2 aromatic rings. The fraction of sp³-hybridized carbons (Fsp3) is 0.364. The molecule has 2 aromatic heterocycles. The van der Waals surface area contributed by atoms with Crippen molar-refractivity contribution in [1.29, 1.82) is 0 Å². The minimum absolute atomic E-state index is 0.0571. The molecule has 236 valence electrons. The van der Waals surface area contributed by atoms with Crippen LogP contribution >= 0.6 is 43.2 Å². The lowest BCUT2D eigenvalue weighted by Crippen LogP contribution is -2.34. The minimum atomic E-state index is -4.94. The van der Waals surface area contributed by atoms with E-state index >= 15 is 0 Å². The van der Waals surface area contributed by atoms with Crippen molar-refractivity contribution in [3.63, 3.8) is 0 Å². The van der Waals surface area contributed by atoms with Crippen LogP contribution in [0, 0.1) is 0 Å². The second-order valence-corrected chi connectivity index (χ2v) is 16.0. The van der Waals surface area contributed by atoms with Crippen LogP contribution in [0.25, 0.3) is 0 Å². The molecule has 2 heterocycles. The van der Waals surface area contributed by atoms with Gasteiger partial charge in [-0.25, -0.2) is 9.97 Å². The molecule has 0 spiro atoms. The molecule has 0 aliphatic rings. The Morgan fingerprint density at radius 1 is 0.767 bits per heavy atom. The Balaban J connectivity index is 1.85. The van der Waals surface area contributed by atoms with Crippen molar-refractivity contribution in [3.8, 4) is 0 Å². The fourth-order valence-electron chi connectivity index (χ4n) is 2.83. The van der Waals surface area contributed by atoms with Crippen LogP contribution < -0.4 is 0 Å². The number of ether oxygens (including phenoxy) is 2. The first-order valence-corrected chi connectivity index (χ1v) is 19.5. The molecule has 43 heavy (non-hydrogen) atoms. The van der Waals surface area contributed by atoms with Gasteiger partial charge in [-0.05, 0) is 58.7 Å². The van der Waals surface area contributed by atoms with Crippen LogP contribution in [0.15, 0.2) is 64.0 Å². The molecule has 0 aliphatic carbocycles. The molecule has 0 bridgehead atoms. The van der Waals surface area contributed by atoms with Crippen molar-refractivity contribution < 1.29 is 55.0 Å². The number of hydrogen-bond donors (Lipinski definition) is 3. The van der Waals surface area contributed by atoms with Crippen molar-refractivity contribution in [3.05, 3.63) is 48.8 Å². The average Bonchev–Trinajstić information content (AvgIpc) is 2.94. The van der Waals surface area contributed by atoms with E-state index in [2.05, 4.69) is 19.9 Å². The third-order valence-electron chi connectivity index (χ3n) is 4.82. The van der Waals surface area contributed by atoms with E-state index in [1.54, 1.807) is 48.8 Å². The zero-order valence-corrected chi connectivity index (χ0v) is 26.7. The first-order valence-electron chi connectivity index (χ1n) is 11.8. The van der Waals surface area contributed by atoms with Gasteiger partial charge in [0, 0.05) is 30.3 Å². The molecule has 0 saturated carbocycles. The lowest BCUT2D eigenvalue weighted by atomic mass is 10.3. The standard InChI is InChI=1S/C22H25N3O12S6/c26-20(37-22(28)16(43(33,34)35)10-14-39-41-19-6-2-4-12-24-19)8-7-17(25-29)36-21(27)15(42(30,31)32)9-13-38-40-18-5-1-3-11-23-18/h1-6,11-12,15-16,29H,7-10,13-14H2,(H,30,31,32)(H,33,34,35)/b25-17-. The summed E-state index contributed by atoms with van der Waals surface area (Å²) < 4.78 is 75.0. The zero-order valence-electron chi connectivity index (χ0n) is 21.8. The molecule has 2 atom stereocenters. The highest BCUT2D eigenvalue weighted by Crippen LogP contribution is 2.31. The number of aromatic nitrogens is 2. The molecule has 15 nitrogen and oxygen atoms in total. The maximum Gasteiger partial charge on any atom is 0.334 e. The highest BCUT2D eigenvalue weighted by molar-refractivity contribution is 8.77. The Morgan fingerprint density at radius 3 is 1.63 bits per heavy atom. The Bertz CT molecular complexity index is 1460. The first-order chi connectivity index (χ1) is 20.3. The second kappa shape index (κ2) is 18.4. The lowest BCUT2D eigenvalue weighted by molar-refractivity contribution is -0.159.